The monoisotopic (exact) mass is 323 g/mol. The van der Waals surface area contributed by atoms with Gasteiger partial charge in [-0.25, -0.2) is 9.78 Å². The number of imidazole rings is 1. The summed E-state index contributed by atoms with van der Waals surface area (Å²) in [6.45, 7) is 0.325. The van der Waals surface area contributed by atoms with Gasteiger partial charge in [0.05, 0.1) is 17.6 Å². The number of rotatable bonds is 4. The molecular weight excluding hydrogens is 306 g/mol. The molecule has 7 nitrogen and oxygen atoms in total. The molecule has 0 bridgehead atoms. The Morgan fingerprint density at radius 1 is 1.12 bits per heavy atom. The second-order valence-corrected chi connectivity index (χ2v) is 5.33. The summed E-state index contributed by atoms with van der Waals surface area (Å²) in [4.78, 5) is 27.5. The average Bonchev–Trinajstić information content (AvgIpc) is 2.89. The van der Waals surface area contributed by atoms with Crippen LogP contribution in [0.15, 0.2) is 48.5 Å². The molecule has 0 saturated carbocycles. The van der Waals surface area contributed by atoms with E-state index in [1.807, 2.05) is 35.9 Å². The fourth-order valence-electron chi connectivity index (χ4n) is 2.46. The van der Waals surface area contributed by atoms with Crippen molar-refractivity contribution in [2.24, 2.45) is 12.8 Å². The number of nitrogens with zero attached hydrogens (tertiary/aromatic N) is 2. The van der Waals surface area contributed by atoms with E-state index in [9.17, 15) is 9.59 Å². The molecule has 1 heterocycles. The highest BCUT2D eigenvalue weighted by molar-refractivity contribution is 5.95. The quantitative estimate of drug-likeness (QED) is 0.684. The fourth-order valence-corrected chi connectivity index (χ4v) is 2.46. The van der Waals surface area contributed by atoms with Crippen LogP contribution in [0.1, 0.15) is 16.2 Å². The summed E-state index contributed by atoms with van der Waals surface area (Å²) in [7, 11) is 1.92. The lowest BCUT2D eigenvalue weighted by atomic mass is 10.2. The lowest BCUT2D eigenvalue weighted by Crippen LogP contribution is -2.24. The standard InChI is InChI=1S/C17H17N5O2/c1-22-14-5-3-2-4-13(14)21-15(22)10-19-16(23)11-6-8-12(9-7-11)20-17(18)24/h2-9H,10H2,1H3,(H,19,23)(H3,18,20,24). The van der Waals surface area contributed by atoms with E-state index in [0.29, 0.717) is 17.8 Å². The number of carbonyl (C=O) groups excluding carboxylic acids is 2. The Morgan fingerprint density at radius 2 is 1.83 bits per heavy atom. The molecule has 0 aliphatic carbocycles. The van der Waals surface area contributed by atoms with Gasteiger partial charge in [-0.3, -0.25) is 4.79 Å². The molecule has 0 aliphatic heterocycles. The van der Waals surface area contributed by atoms with Crippen molar-refractivity contribution in [2.45, 2.75) is 6.54 Å². The number of amides is 3. The molecule has 3 amide bonds. The van der Waals surface area contributed by atoms with Crippen LogP contribution in [0.4, 0.5) is 10.5 Å². The van der Waals surface area contributed by atoms with Gasteiger partial charge in [0, 0.05) is 18.3 Å². The van der Waals surface area contributed by atoms with Crippen LogP contribution in [0.5, 0.6) is 0 Å². The van der Waals surface area contributed by atoms with Crippen molar-refractivity contribution in [3.8, 4) is 0 Å². The first-order chi connectivity index (χ1) is 11.5. The van der Waals surface area contributed by atoms with Crippen molar-refractivity contribution in [3.05, 3.63) is 59.9 Å². The van der Waals surface area contributed by atoms with Gasteiger partial charge in [0.15, 0.2) is 0 Å². The van der Waals surface area contributed by atoms with Gasteiger partial charge < -0.3 is 20.9 Å². The molecule has 7 heteroatoms. The molecule has 1 aromatic heterocycles. The van der Waals surface area contributed by atoms with Crippen LogP contribution >= 0.6 is 0 Å². The Labute approximate surface area is 138 Å². The number of carbonyl (C=O) groups is 2. The number of hydrogen-bond donors (Lipinski definition) is 3. The molecule has 3 rings (SSSR count). The molecule has 0 spiro atoms. The number of benzene rings is 2. The lowest BCUT2D eigenvalue weighted by molar-refractivity contribution is 0.0949. The average molecular weight is 323 g/mol. The van der Waals surface area contributed by atoms with Crippen LogP contribution in [0.3, 0.4) is 0 Å². The molecule has 3 aromatic rings. The van der Waals surface area contributed by atoms with Gasteiger partial charge in [-0.05, 0) is 36.4 Å². The van der Waals surface area contributed by atoms with Crippen molar-refractivity contribution in [3.63, 3.8) is 0 Å². The van der Waals surface area contributed by atoms with E-state index < -0.39 is 6.03 Å². The van der Waals surface area contributed by atoms with Gasteiger partial charge in [-0.1, -0.05) is 12.1 Å². The summed E-state index contributed by atoms with van der Waals surface area (Å²) < 4.78 is 1.95. The van der Waals surface area contributed by atoms with Crippen LogP contribution < -0.4 is 16.4 Å². The lowest BCUT2D eigenvalue weighted by Gasteiger charge is -2.07. The highest BCUT2D eigenvalue weighted by Crippen LogP contribution is 2.14. The number of hydrogen-bond acceptors (Lipinski definition) is 3. The third kappa shape index (κ3) is 3.19. The molecule has 0 atom stereocenters. The van der Waals surface area contributed by atoms with Crippen molar-refractivity contribution in [1.82, 2.24) is 14.9 Å². The number of fused-ring (bicyclic) bond motifs is 1. The van der Waals surface area contributed by atoms with Gasteiger partial charge in [0.2, 0.25) is 0 Å². The fraction of sp³-hybridized carbons (Fsp3) is 0.118. The zero-order chi connectivity index (χ0) is 17.1. The van der Waals surface area contributed by atoms with E-state index in [2.05, 4.69) is 15.6 Å². The second kappa shape index (κ2) is 6.41. The summed E-state index contributed by atoms with van der Waals surface area (Å²) in [6, 6.07) is 13.6. The normalized spacial score (nSPS) is 10.5. The van der Waals surface area contributed by atoms with E-state index in [1.165, 1.54) is 0 Å². The third-order valence-corrected chi connectivity index (χ3v) is 3.70. The van der Waals surface area contributed by atoms with Crippen LogP contribution in [-0.2, 0) is 13.6 Å². The molecule has 0 saturated heterocycles. The van der Waals surface area contributed by atoms with E-state index >= 15 is 0 Å². The molecule has 4 N–H and O–H groups in total. The molecule has 0 aliphatic rings. The Bertz CT molecular complexity index is 899. The van der Waals surface area contributed by atoms with Crippen LogP contribution in [-0.4, -0.2) is 21.5 Å². The van der Waals surface area contributed by atoms with Crippen LogP contribution in [0.25, 0.3) is 11.0 Å². The number of nitrogens with one attached hydrogen (secondary N) is 2. The van der Waals surface area contributed by atoms with Gasteiger partial charge in [-0.2, -0.15) is 0 Å². The summed E-state index contributed by atoms with van der Waals surface area (Å²) in [5.41, 5.74) is 7.98. The number of nitrogens with two attached hydrogens (primary N) is 1. The van der Waals surface area contributed by atoms with E-state index in [0.717, 1.165) is 16.9 Å². The maximum Gasteiger partial charge on any atom is 0.316 e. The molecule has 24 heavy (non-hydrogen) atoms. The summed E-state index contributed by atoms with van der Waals surface area (Å²) in [5, 5.41) is 5.29. The van der Waals surface area contributed by atoms with E-state index in [4.69, 9.17) is 5.73 Å². The number of anilines is 1. The summed E-state index contributed by atoms with van der Waals surface area (Å²) in [5.74, 6) is 0.559. The molecular formula is C17H17N5O2. The van der Waals surface area contributed by atoms with Gasteiger partial charge in [0.1, 0.15) is 5.82 Å². The molecule has 0 fully saturated rings. The summed E-state index contributed by atoms with van der Waals surface area (Å²) in [6.07, 6.45) is 0. The molecule has 0 unspecified atom stereocenters. The van der Waals surface area contributed by atoms with Crippen LogP contribution in [0.2, 0.25) is 0 Å². The zero-order valence-corrected chi connectivity index (χ0v) is 13.1. The first-order valence-corrected chi connectivity index (χ1v) is 7.39. The van der Waals surface area contributed by atoms with Gasteiger partial charge in [-0.15, -0.1) is 0 Å². The Balaban J connectivity index is 1.68. The summed E-state index contributed by atoms with van der Waals surface area (Å²) >= 11 is 0. The predicted molar refractivity (Wildman–Crippen MR) is 91.5 cm³/mol. The largest absolute Gasteiger partial charge is 0.351 e. The molecule has 122 valence electrons. The smallest absolute Gasteiger partial charge is 0.316 e. The minimum Gasteiger partial charge on any atom is -0.351 e. The molecule has 2 aromatic carbocycles. The van der Waals surface area contributed by atoms with E-state index in [1.54, 1.807) is 24.3 Å². The predicted octanol–water partition coefficient (Wildman–Crippen LogP) is 1.99. The molecule has 0 radical (unpaired) electrons. The topological polar surface area (TPSA) is 102 Å². The minimum absolute atomic E-state index is 0.215. The van der Waals surface area contributed by atoms with Crippen molar-refractivity contribution < 1.29 is 9.59 Å². The number of para-hydroxylation sites is 2. The van der Waals surface area contributed by atoms with Crippen molar-refractivity contribution >= 4 is 28.7 Å². The highest BCUT2D eigenvalue weighted by Gasteiger charge is 2.10. The zero-order valence-electron chi connectivity index (χ0n) is 13.1. The van der Waals surface area contributed by atoms with Crippen molar-refractivity contribution in [2.75, 3.05) is 5.32 Å². The number of aromatic nitrogens is 2. The van der Waals surface area contributed by atoms with E-state index in [-0.39, 0.29) is 5.91 Å². The maximum absolute atomic E-state index is 12.2. The Hall–Kier alpha value is -3.35. The van der Waals surface area contributed by atoms with Gasteiger partial charge in [0.25, 0.3) is 5.91 Å². The Kier molecular flexibility index (Phi) is 4.15. The second-order valence-electron chi connectivity index (χ2n) is 5.33. The SMILES string of the molecule is Cn1c(CNC(=O)c2ccc(NC(N)=O)cc2)nc2ccccc21. The highest BCUT2D eigenvalue weighted by atomic mass is 16.2. The Morgan fingerprint density at radius 3 is 2.50 bits per heavy atom. The third-order valence-electron chi connectivity index (χ3n) is 3.70. The van der Waals surface area contributed by atoms with Gasteiger partial charge >= 0.3 is 6.03 Å². The van der Waals surface area contributed by atoms with Crippen molar-refractivity contribution in [1.29, 1.82) is 0 Å². The van der Waals surface area contributed by atoms with Crippen LogP contribution in [0, 0.1) is 0 Å². The minimum atomic E-state index is -0.644. The first-order valence-electron chi connectivity index (χ1n) is 7.39. The number of primary amides is 1. The number of urea groups is 1. The maximum atomic E-state index is 12.2. The first kappa shape index (κ1) is 15.5. The number of aryl methyl sites for hydroxylation is 1.